The van der Waals surface area contributed by atoms with E-state index in [0.29, 0.717) is 0 Å². The Bertz CT molecular complexity index is 420. The molecule has 92 valence electrons. The molecule has 0 aliphatic heterocycles. The lowest BCUT2D eigenvalue weighted by Gasteiger charge is -2.17. The van der Waals surface area contributed by atoms with Crippen LogP contribution in [0.2, 0.25) is 0 Å². The Labute approximate surface area is 105 Å². The summed E-state index contributed by atoms with van der Waals surface area (Å²) in [5.41, 5.74) is 8.61. The average Bonchev–Trinajstić information content (AvgIpc) is 2.27. The van der Waals surface area contributed by atoms with Crippen molar-refractivity contribution < 1.29 is 9.90 Å². The number of carboxylic acid groups (broad SMARTS) is 1. The zero-order valence-corrected chi connectivity index (χ0v) is 10.5. The van der Waals surface area contributed by atoms with Crippen LogP contribution in [0.1, 0.15) is 30.4 Å². The fourth-order valence-corrected chi connectivity index (χ4v) is 3.10. The van der Waals surface area contributed by atoms with Gasteiger partial charge < -0.3 is 10.8 Å². The Morgan fingerprint density at radius 3 is 2.76 bits per heavy atom. The molecule has 1 aromatic rings. The summed E-state index contributed by atoms with van der Waals surface area (Å²) < 4.78 is 0. The first-order valence-corrected chi connectivity index (χ1v) is 6.79. The fraction of sp³-hybridized carbons (Fsp3) is 0.462. The van der Waals surface area contributed by atoms with Gasteiger partial charge in [0.1, 0.15) is 0 Å². The Hall–Kier alpha value is -1.00. The highest BCUT2D eigenvalue weighted by molar-refractivity contribution is 7.99. The number of carboxylic acids is 1. The summed E-state index contributed by atoms with van der Waals surface area (Å²) >= 11 is 1.44. The van der Waals surface area contributed by atoms with Gasteiger partial charge in [0.2, 0.25) is 0 Å². The Morgan fingerprint density at radius 1 is 1.35 bits per heavy atom. The molecule has 0 saturated heterocycles. The maximum Gasteiger partial charge on any atom is 0.305 e. The molecule has 0 bridgehead atoms. The molecule has 1 atom stereocenters. The van der Waals surface area contributed by atoms with Gasteiger partial charge in [0.15, 0.2) is 0 Å². The van der Waals surface area contributed by atoms with Gasteiger partial charge in [-0.05, 0) is 48.9 Å². The van der Waals surface area contributed by atoms with Crippen molar-refractivity contribution in [2.24, 2.45) is 5.73 Å². The highest BCUT2D eigenvalue weighted by atomic mass is 32.2. The van der Waals surface area contributed by atoms with E-state index >= 15 is 0 Å². The van der Waals surface area contributed by atoms with E-state index in [1.54, 1.807) is 0 Å². The highest BCUT2D eigenvalue weighted by Gasteiger charge is 2.13. The third-order valence-electron chi connectivity index (χ3n) is 2.98. The SMILES string of the molecule is NC(CC(=O)O)Sc1ccc2c(c1)CCCC2. The van der Waals surface area contributed by atoms with Crippen molar-refractivity contribution in [2.75, 3.05) is 0 Å². The van der Waals surface area contributed by atoms with Gasteiger partial charge >= 0.3 is 5.97 Å². The predicted octanol–water partition coefficient (Wildman–Crippen LogP) is 2.42. The first-order valence-electron chi connectivity index (χ1n) is 5.91. The third-order valence-corrected chi connectivity index (χ3v) is 3.98. The molecular formula is C13H17NO2S. The summed E-state index contributed by atoms with van der Waals surface area (Å²) in [6, 6.07) is 6.38. The van der Waals surface area contributed by atoms with Gasteiger partial charge in [-0.1, -0.05) is 6.07 Å². The summed E-state index contributed by atoms with van der Waals surface area (Å²) in [5.74, 6) is -0.844. The number of thioether (sulfide) groups is 1. The van der Waals surface area contributed by atoms with E-state index in [1.807, 2.05) is 0 Å². The lowest BCUT2D eigenvalue weighted by molar-refractivity contribution is -0.136. The molecule has 1 aromatic carbocycles. The minimum Gasteiger partial charge on any atom is -0.481 e. The number of rotatable bonds is 4. The maximum atomic E-state index is 10.5. The summed E-state index contributed by atoms with van der Waals surface area (Å²) in [6.45, 7) is 0. The molecule has 2 rings (SSSR count). The van der Waals surface area contributed by atoms with E-state index in [9.17, 15) is 4.79 Å². The highest BCUT2D eigenvalue weighted by Crippen LogP contribution is 2.28. The van der Waals surface area contributed by atoms with Crippen LogP contribution in [0.3, 0.4) is 0 Å². The molecule has 0 saturated carbocycles. The number of carbonyl (C=O) groups is 1. The Kier molecular flexibility index (Phi) is 4.07. The van der Waals surface area contributed by atoms with Crippen molar-refractivity contribution in [3.8, 4) is 0 Å². The second-order valence-electron chi connectivity index (χ2n) is 4.39. The van der Waals surface area contributed by atoms with Gasteiger partial charge in [-0.2, -0.15) is 0 Å². The summed E-state index contributed by atoms with van der Waals surface area (Å²) in [7, 11) is 0. The normalized spacial score (nSPS) is 16.3. The van der Waals surface area contributed by atoms with Gasteiger partial charge in [0.25, 0.3) is 0 Å². The average molecular weight is 251 g/mol. The van der Waals surface area contributed by atoms with Crippen molar-refractivity contribution in [2.45, 2.75) is 42.4 Å². The molecule has 0 heterocycles. The topological polar surface area (TPSA) is 63.3 Å². The predicted molar refractivity (Wildman–Crippen MR) is 69.2 cm³/mol. The van der Waals surface area contributed by atoms with Crippen LogP contribution in [0.5, 0.6) is 0 Å². The van der Waals surface area contributed by atoms with Gasteiger partial charge in [0, 0.05) is 4.90 Å². The molecular weight excluding hydrogens is 234 g/mol. The van der Waals surface area contributed by atoms with Gasteiger partial charge in [-0.25, -0.2) is 0 Å². The van der Waals surface area contributed by atoms with Crippen LogP contribution in [0.15, 0.2) is 23.1 Å². The zero-order valence-electron chi connectivity index (χ0n) is 9.69. The number of hydrogen-bond acceptors (Lipinski definition) is 3. The van der Waals surface area contributed by atoms with E-state index in [2.05, 4.69) is 18.2 Å². The fourth-order valence-electron chi connectivity index (χ4n) is 2.17. The van der Waals surface area contributed by atoms with Crippen LogP contribution in [-0.4, -0.2) is 16.4 Å². The zero-order chi connectivity index (χ0) is 12.3. The van der Waals surface area contributed by atoms with Crippen LogP contribution in [0.4, 0.5) is 0 Å². The minimum atomic E-state index is -0.844. The van der Waals surface area contributed by atoms with Crippen molar-refractivity contribution in [3.63, 3.8) is 0 Å². The van der Waals surface area contributed by atoms with Crippen molar-refractivity contribution in [3.05, 3.63) is 29.3 Å². The first-order chi connectivity index (χ1) is 8.15. The molecule has 3 nitrogen and oxygen atoms in total. The minimum absolute atomic E-state index is 0.00174. The van der Waals surface area contributed by atoms with E-state index < -0.39 is 5.97 Å². The number of fused-ring (bicyclic) bond motifs is 1. The Morgan fingerprint density at radius 2 is 2.06 bits per heavy atom. The molecule has 1 aliphatic carbocycles. The molecule has 4 heteroatoms. The lowest BCUT2D eigenvalue weighted by Crippen LogP contribution is -2.19. The monoisotopic (exact) mass is 251 g/mol. The van der Waals surface area contributed by atoms with Crippen LogP contribution in [-0.2, 0) is 17.6 Å². The first kappa shape index (κ1) is 12.5. The molecule has 1 aliphatic rings. The molecule has 1 unspecified atom stereocenters. The Balaban J connectivity index is 2.04. The number of benzene rings is 1. The van der Waals surface area contributed by atoms with Crippen LogP contribution < -0.4 is 5.73 Å². The summed E-state index contributed by atoms with van der Waals surface area (Å²) in [6.07, 6.45) is 4.83. The van der Waals surface area contributed by atoms with Crippen LogP contribution in [0, 0.1) is 0 Å². The number of aliphatic carboxylic acids is 1. The number of hydrogen-bond donors (Lipinski definition) is 2. The number of nitrogens with two attached hydrogens (primary N) is 1. The summed E-state index contributed by atoms with van der Waals surface area (Å²) in [4.78, 5) is 11.6. The molecule has 3 N–H and O–H groups in total. The molecule has 0 radical (unpaired) electrons. The van der Waals surface area contributed by atoms with Crippen molar-refractivity contribution in [1.82, 2.24) is 0 Å². The molecule has 0 aromatic heterocycles. The van der Waals surface area contributed by atoms with Crippen molar-refractivity contribution in [1.29, 1.82) is 0 Å². The van der Waals surface area contributed by atoms with Gasteiger partial charge in [0.05, 0.1) is 11.8 Å². The standard InChI is InChI=1S/C13H17NO2S/c14-12(8-13(15)16)17-11-6-5-9-3-1-2-4-10(9)7-11/h5-7,12H,1-4,8,14H2,(H,15,16). The van der Waals surface area contributed by atoms with Crippen molar-refractivity contribution >= 4 is 17.7 Å². The van der Waals surface area contributed by atoms with Gasteiger partial charge in [-0.3, -0.25) is 4.79 Å². The quantitative estimate of drug-likeness (QED) is 0.637. The van der Waals surface area contributed by atoms with E-state index in [1.165, 1.54) is 42.2 Å². The van der Waals surface area contributed by atoms with Crippen LogP contribution in [0.25, 0.3) is 0 Å². The van der Waals surface area contributed by atoms with Gasteiger partial charge in [-0.15, -0.1) is 11.8 Å². The lowest BCUT2D eigenvalue weighted by atomic mass is 9.92. The smallest absolute Gasteiger partial charge is 0.305 e. The summed E-state index contributed by atoms with van der Waals surface area (Å²) in [5, 5.41) is 8.29. The van der Waals surface area contributed by atoms with E-state index in [0.717, 1.165) is 11.3 Å². The van der Waals surface area contributed by atoms with E-state index in [4.69, 9.17) is 10.8 Å². The molecule has 17 heavy (non-hydrogen) atoms. The largest absolute Gasteiger partial charge is 0.481 e. The van der Waals surface area contributed by atoms with Crippen LogP contribution >= 0.6 is 11.8 Å². The number of aryl methyl sites for hydroxylation is 2. The second kappa shape index (κ2) is 5.56. The molecule has 0 amide bonds. The van der Waals surface area contributed by atoms with E-state index in [-0.39, 0.29) is 11.8 Å². The molecule has 0 spiro atoms. The second-order valence-corrected chi connectivity index (χ2v) is 5.70. The molecule has 0 fully saturated rings. The third kappa shape index (κ3) is 3.48. The maximum absolute atomic E-state index is 10.5.